The van der Waals surface area contributed by atoms with Crippen LogP contribution in [-0.4, -0.2) is 17.6 Å². The number of benzene rings is 2. The van der Waals surface area contributed by atoms with Crippen LogP contribution in [-0.2, 0) is 4.74 Å². The van der Waals surface area contributed by atoms with Gasteiger partial charge in [-0.15, -0.1) is 0 Å². The number of nitrogens with zero attached hydrogens (tertiary/aromatic N) is 1. The van der Waals surface area contributed by atoms with Gasteiger partial charge in [-0.2, -0.15) is 5.26 Å². The Labute approximate surface area is 167 Å². The molecule has 3 rings (SSSR count). The van der Waals surface area contributed by atoms with Crippen molar-refractivity contribution in [2.45, 2.75) is 6.92 Å². The number of aromatic nitrogens is 1. The summed E-state index contributed by atoms with van der Waals surface area (Å²) in [6, 6.07) is 18.4. The van der Waals surface area contributed by atoms with Gasteiger partial charge >= 0.3 is 5.97 Å². The lowest BCUT2D eigenvalue weighted by atomic mass is 9.92. The van der Waals surface area contributed by atoms with Crippen LogP contribution in [0.4, 0.5) is 0 Å². The van der Waals surface area contributed by atoms with Gasteiger partial charge < -0.3 is 9.72 Å². The molecular formula is C21H15ClN2O2S. The number of aromatic amines is 1. The third-order valence-electron chi connectivity index (χ3n) is 4.00. The molecule has 3 aromatic rings. The Morgan fingerprint density at radius 2 is 1.81 bits per heavy atom. The van der Waals surface area contributed by atoms with E-state index in [0.717, 1.165) is 5.56 Å². The van der Waals surface area contributed by atoms with Crippen molar-refractivity contribution in [3.05, 3.63) is 75.4 Å². The highest BCUT2D eigenvalue weighted by atomic mass is 35.5. The smallest absolute Gasteiger partial charge is 0.340 e. The fraction of sp³-hybridized carbons (Fsp3) is 0.0952. The topological polar surface area (TPSA) is 65.9 Å². The van der Waals surface area contributed by atoms with Crippen LogP contribution in [0.25, 0.3) is 22.4 Å². The van der Waals surface area contributed by atoms with Crippen molar-refractivity contribution in [1.29, 1.82) is 5.26 Å². The maximum Gasteiger partial charge on any atom is 0.340 e. The first-order valence-corrected chi connectivity index (χ1v) is 9.04. The van der Waals surface area contributed by atoms with Crippen molar-refractivity contribution < 1.29 is 9.53 Å². The number of carbonyl (C=O) groups is 1. The first-order valence-electron chi connectivity index (χ1n) is 8.25. The van der Waals surface area contributed by atoms with Crippen LogP contribution in [0.1, 0.15) is 22.8 Å². The van der Waals surface area contributed by atoms with E-state index >= 15 is 0 Å². The van der Waals surface area contributed by atoms with Gasteiger partial charge in [-0.25, -0.2) is 4.79 Å². The van der Waals surface area contributed by atoms with Gasteiger partial charge in [-0.1, -0.05) is 66.3 Å². The minimum atomic E-state index is -0.524. The Hall–Kier alpha value is -2.94. The molecule has 0 spiro atoms. The summed E-state index contributed by atoms with van der Waals surface area (Å²) >= 11 is 11.4. The lowest BCUT2D eigenvalue weighted by Gasteiger charge is -2.16. The quantitative estimate of drug-likeness (QED) is 0.450. The van der Waals surface area contributed by atoms with Gasteiger partial charge in [0.15, 0.2) is 0 Å². The lowest BCUT2D eigenvalue weighted by Crippen LogP contribution is -2.12. The maximum absolute atomic E-state index is 12.9. The molecule has 2 aromatic carbocycles. The van der Waals surface area contributed by atoms with Gasteiger partial charge in [0.1, 0.15) is 10.7 Å². The number of nitrogens with one attached hydrogen (secondary N) is 1. The largest absolute Gasteiger partial charge is 0.462 e. The van der Waals surface area contributed by atoms with E-state index in [4.69, 9.17) is 28.6 Å². The van der Waals surface area contributed by atoms with E-state index in [2.05, 4.69) is 11.1 Å². The minimum Gasteiger partial charge on any atom is -0.462 e. The van der Waals surface area contributed by atoms with Gasteiger partial charge in [-0.05, 0) is 30.2 Å². The minimum absolute atomic E-state index is 0.213. The summed E-state index contributed by atoms with van der Waals surface area (Å²) in [6.45, 7) is 1.95. The summed E-state index contributed by atoms with van der Waals surface area (Å²) in [5.74, 6) is -0.524. The third kappa shape index (κ3) is 3.77. The Morgan fingerprint density at radius 1 is 1.15 bits per heavy atom. The van der Waals surface area contributed by atoms with Gasteiger partial charge in [0.05, 0.1) is 23.4 Å². The van der Waals surface area contributed by atoms with E-state index in [0.29, 0.717) is 21.8 Å². The van der Waals surface area contributed by atoms with Crippen LogP contribution in [0.2, 0.25) is 5.02 Å². The second-order valence-electron chi connectivity index (χ2n) is 5.66. The van der Waals surface area contributed by atoms with Gasteiger partial charge in [-0.3, -0.25) is 0 Å². The molecule has 27 heavy (non-hydrogen) atoms. The molecule has 134 valence electrons. The third-order valence-corrected chi connectivity index (χ3v) is 4.56. The predicted molar refractivity (Wildman–Crippen MR) is 108 cm³/mol. The predicted octanol–water partition coefficient (Wildman–Crippen LogP) is 5.78. The van der Waals surface area contributed by atoms with Crippen LogP contribution >= 0.6 is 23.8 Å². The summed E-state index contributed by atoms with van der Waals surface area (Å²) in [6.07, 6.45) is 0. The Morgan fingerprint density at radius 3 is 2.41 bits per heavy atom. The summed E-state index contributed by atoms with van der Waals surface area (Å²) < 4.78 is 5.55. The molecule has 0 aliphatic heterocycles. The van der Waals surface area contributed by atoms with Crippen molar-refractivity contribution in [3.63, 3.8) is 0 Å². The van der Waals surface area contributed by atoms with E-state index in [1.165, 1.54) is 0 Å². The van der Waals surface area contributed by atoms with Crippen molar-refractivity contribution in [2.75, 3.05) is 6.61 Å². The van der Waals surface area contributed by atoms with Gasteiger partial charge in [0, 0.05) is 10.6 Å². The first-order chi connectivity index (χ1) is 13.1. The number of rotatable bonds is 4. The molecule has 1 aromatic heterocycles. The van der Waals surface area contributed by atoms with Crippen LogP contribution in [0.3, 0.4) is 0 Å². The summed E-state index contributed by atoms with van der Waals surface area (Å²) in [5, 5.41) is 10.3. The monoisotopic (exact) mass is 394 g/mol. The summed E-state index contributed by atoms with van der Waals surface area (Å²) in [5.41, 5.74) is 2.88. The van der Waals surface area contributed by atoms with Crippen LogP contribution in [0.15, 0.2) is 54.6 Å². The SMILES string of the molecule is CCOC(=O)c1c(-c2ccccc2)[nH]c(=S)c(C#N)c1-c1ccc(Cl)cc1. The highest BCUT2D eigenvalue weighted by Gasteiger charge is 2.24. The summed E-state index contributed by atoms with van der Waals surface area (Å²) in [4.78, 5) is 15.9. The molecule has 6 heteroatoms. The second kappa shape index (κ2) is 8.17. The van der Waals surface area contributed by atoms with E-state index in [-0.39, 0.29) is 22.4 Å². The molecule has 0 fully saturated rings. The number of nitriles is 1. The van der Waals surface area contributed by atoms with E-state index in [1.807, 2.05) is 30.3 Å². The van der Waals surface area contributed by atoms with E-state index < -0.39 is 5.97 Å². The number of hydrogen-bond donors (Lipinski definition) is 1. The standard InChI is InChI=1S/C21H15ClN2O2S/c1-2-26-21(25)18-17(13-8-10-15(22)11-9-13)16(12-23)20(27)24-19(18)14-6-4-3-5-7-14/h3-11H,2H2,1H3,(H,24,27). The fourth-order valence-electron chi connectivity index (χ4n) is 2.84. The van der Waals surface area contributed by atoms with Gasteiger partial charge in [0.2, 0.25) is 0 Å². The zero-order valence-electron chi connectivity index (χ0n) is 14.5. The highest BCUT2D eigenvalue weighted by molar-refractivity contribution is 7.71. The molecule has 1 heterocycles. The number of esters is 1. The molecule has 0 amide bonds. The Balaban J connectivity index is 2.43. The first kappa shape index (κ1) is 18.8. The average Bonchev–Trinajstić information content (AvgIpc) is 2.68. The van der Waals surface area contributed by atoms with Crippen LogP contribution in [0, 0.1) is 16.0 Å². The van der Waals surface area contributed by atoms with Crippen molar-refractivity contribution in [1.82, 2.24) is 4.98 Å². The van der Waals surface area contributed by atoms with E-state index in [9.17, 15) is 10.1 Å². The average molecular weight is 395 g/mol. The van der Waals surface area contributed by atoms with Crippen LogP contribution < -0.4 is 0 Å². The van der Waals surface area contributed by atoms with E-state index in [1.54, 1.807) is 31.2 Å². The number of carbonyl (C=O) groups excluding carboxylic acids is 1. The zero-order valence-corrected chi connectivity index (χ0v) is 16.0. The molecular weight excluding hydrogens is 380 g/mol. The molecule has 0 radical (unpaired) electrons. The lowest BCUT2D eigenvalue weighted by molar-refractivity contribution is 0.0527. The normalized spacial score (nSPS) is 10.3. The molecule has 0 aliphatic rings. The fourth-order valence-corrected chi connectivity index (χ4v) is 3.22. The number of pyridine rings is 1. The van der Waals surface area contributed by atoms with Gasteiger partial charge in [0.25, 0.3) is 0 Å². The summed E-state index contributed by atoms with van der Waals surface area (Å²) in [7, 11) is 0. The highest BCUT2D eigenvalue weighted by Crippen LogP contribution is 2.35. The molecule has 0 bridgehead atoms. The number of hydrogen-bond acceptors (Lipinski definition) is 4. The van der Waals surface area contributed by atoms with Crippen molar-refractivity contribution in [2.24, 2.45) is 0 Å². The molecule has 4 nitrogen and oxygen atoms in total. The van der Waals surface area contributed by atoms with Crippen molar-refractivity contribution >= 4 is 29.8 Å². The Kier molecular flexibility index (Phi) is 5.70. The molecule has 1 N–H and O–H groups in total. The maximum atomic E-state index is 12.9. The number of ether oxygens (including phenoxy) is 1. The molecule has 0 saturated heterocycles. The Bertz CT molecular complexity index is 1080. The number of halogens is 1. The molecule has 0 saturated carbocycles. The van der Waals surface area contributed by atoms with Crippen molar-refractivity contribution in [3.8, 4) is 28.5 Å². The van der Waals surface area contributed by atoms with Crippen LogP contribution in [0.5, 0.6) is 0 Å². The molecule has 0 atom stereocenters. The zero-order chi connectivity index (χ0) is 19.4. The molecule has 0 aliphatic carbocycles. The second-order valence-corrected chi connectivity index (χ2v) is 6.50. The number of H-pyrrole nitrogens is 1. The molecule has 0 unspecified atom stereocenters.